The van der Waals surface area contributed by atoms with E-state index < -0.39 is 0 Å². The third kappa shape index (κ3) is 5.06. The molecule has 36 heavy (non-hydrogen) atoms. The van der Waals surface area contributed by atoms with Crippen LogP contribution in [-0.4, -0.2) is 42.1 Å². The largest absolute Gasteiger partial charge is 0.489 e. The Morgan fingerprint density at radius 1 is 0.917 bits per heavy atom. The van der Waals surface area contributed by atoms with Crippen molar-refractivity contribution in [2.75, 3.05) is 31.1 Å². The van der Waals surface area contributed by atoms with Crippen molar-refractivity contribution in [1.82, 2.24) is 10.1 Å². The van der Waals surface area contributed by atoms with Gasteiger partial charge in [-0.1, -0.05) is 64.8 Å². The van der Waals surface area contributed by atoms with Crippen LogP contribution in [0.4, 0.5) is 5.69 Å². The lowest BCUT2D eigenvalue weighted by Gasteiger charge is -2.36. The Hall–Kier alpha value is -3.48. The summed E-state index contributed by atoms with van der Waals surface area (Å²) in [6.07, 6.45) is 0. The summed E-state index contributed by atoms with van der Waals surface area (Å²) in [7, 11) is 0. The highest BCUT2D eigenvalue weighted by molar-refractivity contribution is 6.39. The van der Waals surface area contributed by atoms with Gasteiger partial charge in [0.2, 0.25) is 0 Å². The minimum Gasteiger partial charge on any atom is -0.489 e. The van der Waals surface area contributed by atoms with Gasteiger partial charge < -0.3 is 19.1 Å². The molecular formula is C28H25Cl2N3O3. The molecule has 1 fully saturated rings. The summed E-state index contributed by atoms with van der Waals surface area (Å²) in [6, 6.07) is 23.4. The summed E-state index contributed by atoms with van der Waals surface area (Å²) < 4.78 is 11.3. The maximum atomic E-state index is 13.5. The predicted molar refractivity (Wildman–Crippen MR) is 142 cm³/mol. The average Bonchev–Trinajstić information content (AvgIpc) is 3.28. The lowest BCUT2D eigenvalue weighted by atomic mass is 10.0. The summed E-state index contributed by atoms with van der Waals surface area (Å²) in [4.78, 5) is 17.6. The van der Waals surface area contributed by atoms with Gasteiger partial charge in [-0.05, 0) is 48.9 Å². The molecule has 0 unspecified atom stereocenters. The summed E-state index contributed by atoms with van der Waals surface area (Å²) in [5, 5.41) is 4.96. The molecule has 0 aliphatic carbocycles. The summed E-state index contributed by atoms with van der Waals surface area (Å²) in [5.41, 5.74) is 3.51. The van der Waals surface area contributed by atoms with Gasteiger partial charge in [-0.25, -0.2) is 0 Å². The molecule has 1 aliphatic rings. The highest BCUT2D eigenvalue weighted by atomic mass is 35.5. The van der Waals surface area contributed by atoms with E-state index in [2.05, 4.69) is 22.2 Å². The number of aromatic nitrogens is 1. The zero-order valence-corrected chi connectivity index (χ0v) is 21.3. The van der Waals surface area contributed by atoms with Gasteiger partial charge in [0, 0.05) is 37.4 Å². The van der Waals surface area contributed by atoms with Crippen LogP contribution in [0.5, 0.6) is 5.75 Å². The fourth-order valence-corrected chi connectivity index (χ4v) is 4.92. The Bertz CT molecular complexity index is 1330. The van der Waals surface area contributed by atoms with E-state index in [9.17, 15) is 4.79 Å². The number of hydrogen-bond donors (Lipinski definition) is 0. The molecule has 4 aromatic rings. The lowest BCUT2D eigenvalue weighted by molar-refractivity contribution is 0.0745. The Morgan fingerprint density at radius 2 is 1.58 bits per heavy atom. The number of rotatable bonds is 6. The first-order chi connectivity index (χ1) is 17.5. The van der Waals surface area contributed by atoms with Crippen molar-refractivity contribution >= 4 is 34.8 Å². The number of anilines is 1. The fourth-order valence-electron chi connectivity index (χ4n) is 4.34. The normalized spacial score (nSPS) is 13.6. The Morgan fingerprint density at radius 3 is 2.25 bits per heavy atom. The van der Waals surface area contributed by atoms with E-state index in [1.807, 2.05) is 47.4 Å². The number of carbonyl (C=O) groups is 1. The zero-order chi connectivity index (χ0) is 25.1. The van der Waals surface area contributed by atoms with Gasteiger partial charge in [0.1, 0.15) is 29.4 Å². The van der Waals surface area contributed by atoms with Gasteiger partial charge in [-0.2, -0.15) is 0 Å². The highest BCUT2D eigenvalue weighted by Crippen LogP contribution is 2.37. The van der Waals surface area contributed by atoms with Crippen LogP contribution in [0.25, 0.3) is 11.3 Å². The smallest absolute Gasteiger partial charge is 0.259 e. The van der Waals surface area contributed by atoms with Gasteiger partial charge in [-0.3, -0.25) is 4.79 Å². The van der Waals surface area contributed by atoms with Crippen LogP contribution >= 0.6 is 23.2 Å². The number of halogens is 2. The minimum absolute atomic E-state index is 0.135. The van der Waals surface area contributed by atoms with E-state index in [-0.39, 0.29) is 5.91 Å². The van der Waals surface area contributed by atoms with Crippen molar-refractivity contribution in [1.29, 1.82) is 0 Å². The molecule has 5 rings (SSSR count). The van der Waals surface area contributed by atoms with Crippen LogP contribution in [0.15, 0.2) is 77.3 Å². The van der Waals surface area contributed by atoms with Gasteiger partial charge in [0.05, 0.1) is 10.0 Å². The molecule has 6 nitrogen and oxygen atoms in total. The molecule has 0 atom stereocenters. The monoisotopic (exact) mass is 521 g/mol. The molecule has 0 spiro atoms. The van der Waals surface area contributed by atoms with E-state index >= 15 is 0 Å². The third-order valence-corrected chi connectivity index (χ3v) is 6.92. The Labute approximate surface area is 220 Å². The van der Waals surface area contributed by atoms with E-state index in [0.717, 1.165) is 17.0 Å². The number of nitrogens with zero attached hydrogens (tertiary/aromatic N) is 3. The zero-order valence-electron chi connectivity index (χ0n) is 19.8. The lowest BCUT2D eigenvalue weighted by Crippen LogP contribution is -2.49. The van der Waals surface area contributed by atoms with Crippen molar-refractivity contribution in [3.05, 3.63) is 99.7 Å². The maximum absolute atomic E-state index is 13.5. The van der Waals surface area contributed by atoms with Gasteiger partial charge >= 0.3 is 0 Å². The number of piperazine rings is 1. The molecule has 3 aromatic carbocycles. The summed E-state index contributed by atoms with van der Waals surface area (Å²) in [5.74, 6) is 1.13. The van der Waals surface area contributed by atoms with Crippen molar-refractivity contribution in [2.24, 2.45) is 0 Å². The van der Waals surface area contributed by atoms with Crippen molar-refractivity contribution in [3.8, 4) is 17.0 Å². The molecule has 1 amide bonds. The van der Waals surface area contributed by atoms with Crippen LogP contribution in [0.1, 0.15) is 21.7 Å². The molecule has 0 saturated carbocycles. The standard InChI is InChI=1S/C28H25Cl2N3O3/c1-19-25(27(31-36-19)26-23(29)8-5-9-24(26)30)28(34)33-16-14-32(15-17-33)21-10-12-22(13-11-21)35-18-20-6-3-2-4-7-20/h2-13H,14-18H2,1H3. The quantitative estimate of drug-likeness (QED) is 0.290. The second-order valence-electron chi connectivity index (χ2n) is 8.61. The van der Waals surface area contributed by atoms with Crippen LogP contribution in [0.3, 0.4) is 0 Å². The SMILES string of the molecule is Cc1onc(-c2c(Cl)cccc2Cl)c1C(=O)N1CCN(c2ccc(OCc3ccccc3)cc2)CC1. The first-order valence-electron chi connectivity index (χ1n) is 11.7. The van der Waals surface area contributed by atoms with E-state index in [0.29, 0.717) is 65.4 Å². The minimum atomic E-state index is -0.135. The van der Waals surface area contributed by atoms with Crippen LogP contribution in [0.2, 0.25) is 10.0 Å². The topological polar surface area (TPSA) is 58.8 Å². The first kappa shape index (κ1) is 24.2. The molecule has 1 saturated heterocycles. The van der Waals surface area contributed by atoms with Crippen molar-refractivity contribution in [2.45, 2.75) is 13.5 Å². The number of amides is 1. The second kappa shape index (κ2) is 10.6. The highest BCUT2D eigenvalue weighted by Gasteiger charge is 2.30. The molecule has 8 heteroatoms. The third-order valence-electron chi connectivity index (χ3n) is 6.29. The molecule has 1 aromatic heterocycles. The van der Waals surface area contributed by atoms with E-state index in [1.165, 1.54) is 0 Å². The maximum Gasteiger partial charge on any atom is 0.259 e. The van der Waals surface area contributed by atoms with E-state index in [4.69, 9.17) is 32.5 Å². The molecule has 0 bridgehead atoms. The molecule has 1 aliphatic heterocycles. The first-order valence-corrected chi connectivity index (χ1v) is 12.5. The van der Waals surface area contributed by atoms with Crippen molar-refractivity contribution in [3.63, 3.8) is 0 Å². The molecule has 0 N–H and O–H groups in total. The number of carbonyl (C=O) groups excluding carboxylic acids is 1. The number of benzene rings is 3. The number of aryl methyl sites for hydroxylation is 1. The van der Waals surface area contributed by atoms with Crippen LogP contribution < -0.4 is 9.64 Å². The van der Waals surface area contributed by atoms with Gasteiger partial charge in [0.25, 0.3) is 5.91 Å². The van der Waals surface area contributed by atoms with Crippen molar-refractivity contribution < 1.29 is 14.1 Å². The fraction of sp³-hybridized carbons (Fsp3) is 0.214. The molecule has 184 valence electrons. The van der Waals surface area contributed by atoms with Crippen LogP contribution in [-0.2, 0) is 6.61 Å². The molecular weight excluding hydrogens is 497 g/mol. The number of hydrogen-bond acceptors (Lipinski definition) is 5. The Balaban J connectivity index is 1.23. The second-order valence-corrected chi connectivity index (χ2v) is 9.42. The van der Waals surface area contributed by atoms with Gasteiger partial charge in [0.15, 0.2) is 0 Å². The van der Waals surface area contributed by atoms with E-state index in [1.54, 1.807) is 25.1 Å². The average molecular weight is 522 g/mol. The van der Waals surface area contributed by atoms with Gasteiger partial charge in [-0.15, -0.1) is 0 Å². The predicted octanol–water partition coefficient (Wildman–Crippen LogP) is 6.50. The Kier molecular flexibility index (Phi) is 7.16. The summed E-state index contributed by atoms with van der Waals surface area (Å²) >= 11 is 12.8. The molecule has 2 heterocycles. The van der Waals surface area contributed by atoms with Crippen LogP contribution in [0, 0.1) is 6.92 Å². The number of ether oxygens (including phenoxy) is 1. The summed E-state index contributed by atoms with van der Waals surface area (Å²) in [6.45, 7) is 4.83. The molecule has 0 radical (unpaired) electrons.